The van der Waals surface area contributed by atoms with Gasteiger partial charge in [-0.15, -0.1) is 0 Å². The molecule has 0 aliphatic heterocycles. The van der Waals surface area contributed by atoms with Gasteiger partial charge in [0.15, 0.2) is 0 Å². The minimum atomic E-state index is -3.78. The number of nitrogens with one attached hydrogen (secondary N) is 2. The molecule has 2 aromatic rings. The minimum Gasteiger partial charge on any atom is -0.435 e. The third kappa shape index (κ3) is 5.67. The first-order valence-corrected chi connectivity index (χ1v) is 8.95. The zero-order valence-corrected chi connectivity index (χ0v) is 14.5. The second kappa shape index (κ2) is 8.11. The highest BCUT2D eigenvalue weighted by molar-refractivity contribution is 7.89. The number of hydrogen-bond acceptors (Lipinski definition) is 4. The maximum absolute atomic E-state index is 12.1. The number of alkyl halides is 2. The topological polar surface area (TPSA) is 111 Å². The van der Waals surface area contributed by atoms with E-state index in [1.54, 1.807) is 19.1 Å². The van der Waals surface area contributed by atoms with E-state index >= 15 is 0 Å². The van der Waals surface area contributed by atoms with Gasteiger partial charge in [-0.25, -0.2) is 18.4 Å². The summed E-state index contributed by atoms with van der Waals surface area (Å²) in [7, 11) is -3.78. The van der Waals surface area contributed by atoms with Gasteiger partial charge in [-0.1, -0.05) is 12.1 Å². The lowest BCUT2D eigenvalue weighted by molar-refractivity contribution is -0.0498. The predicted octanol–water partition coefficient (Wildman–Crippen LogP) is 2.82. The minimum absolute atomic E-state index is 0.0192. The average molecular weight is 385 g/mol. The van der Waals surface area contributed by atoms with E-state index in [1.807, 2.05) is 0 Å². The van der Waals surface area contributed by atoms with Crippen LogP contribution in [0.4, 0.5) is 19.3 Å². The Kier molecular flexibility index (Phi) is 6.11. The number of carbonyl (C=O) groups excluding carboxylic acids is 1. The molecule has 0 bridgehead atoms. The third-order valence-corrected chi connectivity index (χ3v) is 4.32. The molecule has 7 nitrogen and oxygen atoms in total. The first kappa shape index (κ1) is 19.6. The van der Waals surface area contributed by atoms with Crippen molar-refractivity contribution in [2.45, 2.75) is 24.5 Å². The van der Waals surface area contributed by atoms with Crippen molar-refractivity contribution in [2.24, 2.45) is 5.14 Å². The molecule has 1 atom stereocenters. The number of primary sulfonamides is 1. The molecule has 2 rings (SSSR count). The lowest BCUT2D eigenvalue weighted by Gasteiger charge is -2.15. The zero-order chi connectivity index (χ0) is 19.3. The van der Waals surface area contributed by atoms with E-state index in [4.69, 9.17) is 5.14 Å². The number of sulfonamides is 1. The number of hydrogen-bond donors (Lipinski definition) is 3. The van der Waals surface area contributed by atoms with Crippen LogP contribution in [0.25, 0.3) is 0 Å². The van der Waals surface area contributed by atoms with E-state index in [0.29, 0.717) is 11.3 Å². The summed E-state index contributed by atoms with van der Waals surface area (Å²) in [5, 5.41) is 10.2. The summed E-state index contributed by atoms with van der Waals surface area (Å²) in [6, 6.07) is 10.3. The van der Waals surface area contributed by atoms with Crippen molar-refractivity contribution < 1.29 is 26.7 Å². The van der Waals surface area contributed by atoms with Gasteiger partial charge >= 0.3 is 12.6 Å². The fraction of sp³-hybridized carbons (Fsp3) is 0.188. The second-order valence-electron chi connectivity index (χ2n) is 5.34. The van der Waals surface area contributed by atoms with E-state index < -0.39 is 28.7 Å². The molecule has 26 heavy (non-hydrogen) atoms. The Morgan fingerprint density at radius 3 is 2.15 bits per heavy atom. The number of ether oxygens (including phenoxy) is 1. The van der Waals surface area contributed by atoms with E-state index in [0.717, 1.165) is 0 Å². The molecule has 1 unspecified atom stereocenters. The molecular formula is C16H17F2N3O4S. The number of urea groups is 1. The van der Waals surface area contributed by atoms with Crippen molar-refractivity contribution in [1.82, 2.24) is 5.32 Å². The maximum Gasteiger partial charge on any atom is 0.387 e. The average Bonchev–Trinajstić information content (AvgIpc) is 2.55. The summed E-state index contributed by atoms with van der Waals surface area (Å²) < 4.78 is 50.8. The molecule has 0 aliphatic carbocycles. The van der Waals surface area contributed by atoms with Crippen LogP contribution in [0.5, 0.6) is 5.75 Å². The van der Waals surface area contributed by atoms with Crippen molar-refractivity contribution >= 4 is 21.7 Å². The molecule has 0 radical (unpaired) electrons. The van der Waals surface area contributed by atoms with Crippen LogP contribution in [0, 0.1) is 0 Å². The molecule has 2 aromatic carbocycles. The molecule has 4 N–H and O–H groups in total. The molecule has 0 saturated heterocycles. The summed E-state index contributed by atoms with van der Waals surface area (Å²) in [6.07, 6.45) is 0. The number of carbonyl (C=O) groups is 1. The van der Waals surface area contributed by atoms with Gasteiger partial charge < -0.3 is 15.4 Å². The van der Waals surface area contributed by atoms with Crippen molar-refractivity contribution in [2.75, 3.05) is 5.32 Å². The maximum atomic E-state index is 12.1. The van der Waals surface area contributed by atoms with E-state index in [1.165, 1.54) is 36.4 Å². The first-order chi connectivity index (χ1) is 12.1. The number of halogens is 2. The fourth-order valence-corrected chi connectivity index (χ4v) is 2.63. The van der Waals surface area contributed by atoms with Crippen LogP contribution < -0.4 is 20.5 Å². The number of amides is 2. The van der Waals surface area contributed by atoms with Crippen LogP contribution >= 0.6 is 0 Å². The standard InChI is InChI=1S/C16H17F2N3O4S/c1-10(11-2-8-14(9-3-11)26(19,23)24)20-16(22)21-12-4-6-13(7-5-12)25-15(17)18/h2-10,15H,1H3,(H2,19,23,24)(H2,20,21,22). The van der Waals surface area contributed by atoms with E-state index in [-0.39, 0.29) is 10.6 Å². The highest BCUT2D eigenvalue weighted by Gasteiger charge is 2.12. The Bertz CT molecular complexity index is 856. The Morgan fingerprint density at radius 2 is 1.65 bits per heavy atom. The molecular weight excluding hydrogens is 368 g/mol. The lowest BCUT2D eigenvalue weighted by Crippen LogP contribution is -2.31. The monoisotopic (exact) mass is 385 g/mol. The van der Waals surface area contributed by atoms with Gasteiger partial charge in [-0.2, -0.15) is 8.78 Å². The van der Waals surface area contributed by atoms with Crippen LogP contribution in [0.15, 0.2) is 53.4 Å². The molecule has 140 valence electrons. The molecule has 0 spiro atoms. The Balaban J connectivity index is 1.94. The molecule has 10 heteroatoms. The summed E-state index contributed by atoms with van der Waals surface area (Å²) in [5.74, 6) is -0.0192. The van der Waals surface area contributed by atoms with Crippen molar-refractivity contribution in [1.29, 1.82) is 0 Å². The molecule has 0 aliphatic rings. The normalized spacial score (nSPS) is 12.5. The Morgan fingerprint density at radius 1 is 1.08 bits per heavy atom. The third-order valence-electron chi connectivity index (χ3n) is 3.39. The summed E-state index contributed by atoms with van der Waals surface area (Å²) in [5.41, 5.74) is 1.06. The van der Waals surface area contributed by atoms with Crippen LogP contribution in [-0.4, -0.2) is 21.1 Å². The Labute approximate surface area is 149 Å². The number of anilines is 1. The summed E-state index contributed by atoms with van der Waals surface area (Å²) in [4.78, 5) is 12.0. The van der Waals surface area contributed by atoms with Gasteiger partial charge in [0.05, 0.1) is 10.9 Å². The number of nitrogens with two attached hydrogens (primary N) is 1. The van der Waals surface area contributed by atoms with Gasteiger partial charge in [0.1, 0.15) is 5.75 Å². The van der Waals surface area contributed by atoms with Gasteiger partial charge in [0.2, 0.25) is 10.0 Å². The fourth-order valence-electron chi connectivity index (χ4n) is 2.11. The Hall–Kier alpha value is -2.72. The second-order valence-corrected chi connectivity index (χ2v) is 6.90. The van der Waals surface area contributed by atoms with Crippen molar-refractivity contribution in [3.8, 4) is 5.75 Å². The van der Waals surface area contributed by atoms with Gasteiger partial charge in [-0.3, -0.25) is 0 Å². The SMILES string of the molecule is CC(NC(=O)Nc1ccc(OC(F)F)cc1)c1ccc(S(N)(=O)=O)cc1. The van der Waals surface area contributed by atoms with Crippen LogP contribution in [0.2, 0.25) is 0 Å². The predicted molar refractivity (Wildman–Crippen MR) is 91.5 cm³/mol. The van der Waals surface area contributed by atoms with Crippen LogP contribution in [0.3, 0.4) is 0 Å². The van der Waals surface area contributed by atoms with Gasteiger partial charge in [-0.05, 0) is 48.9 Å². The van der Waals surface area contributed by atoms with Gasteiger partial charge in [0.25, 0.3) is 0 Å². The molecule has 0 saturated carbocycles. The number of benzene rings is 2. The van der Waals surface area contributed by atoms with Crippen LogP contribution in [0.1, 0.15) is 18.5 Å². The number of rotatable bonds is 6. The van der Waals surface area contributed by atoms with E-state index in [9.17, 15) is 22.0 Å². The largest absolute Gasteiger partial charge is 0.435 e. The van der Waals surface area contributed by atoms with Crippen molar-refractivity contribution in [3.05, 3.63) is 54.1 Å². The van der Waals surface area contributed by atoms with Gasteiger partial charge in [0, 0.05) is 5.69 Å². The smallest absolute Gasteiger partial charge is 0.387 e. The molecule has 0 aromatic heterocycles. The van der Waals surface area contributed by atoms with E-state index in [2.05, 4.69) is 15.4 Å². The molecule has 0 fully saturated rings. The highest BCUT2D eigenvalue weighted by Crippen LogP contribution is 2.19. The van der Waals surface area contributed by atoms with Crippen LogP contribution in [-0.2, 0) is 10.0 Å². The summed E-state index contributed by atoms with van der Waals surface area (Å²) in [6.45, 7) is -1.20. The summed E-state index contributed by atoms with van der Waals surface area (Å²) >= 11 is 0. The quantitative estimate of drug-likeness (QED) is 0.710. The molecule has 2 amide bonds. The van der Waals surface area contributed by atoms with Crippen molar-refractivity contribution in [3.63, 3.8) is 0 Å². The first-order valence-electron chi connectivity index (χ1n) is 7.40. The molecule has 0 heterocycles. The highest BCUT2D eigenvalue weighted by atomic mass is 32.2. The lowest BCUT2D eigenvalue weighted by atomic mass is 10.1. The zero-order valence-electron chi connectivity index (χ0n) is 13.6.